The summed E-state index contributed by atoms with van der Waals surface area (Å²) in [5.41, 5.74) is 2.41. The standard InChI is InChI=1S/C22H24O5S/c1-12-6-18(24)17(22-21(26)19(25)10-15(11-23)27-22)9-14(12)8-16-7-13-4-2-3-5-20(13)28-16/h2-7,9,15,19,21-26H,8,10-11H2,1H3. The van der Waals surface area contributed by atoms with Gasteiger partial charge in [0.15, 0.2) is 0 Å². The predicted molar refractivity (Wildman–Crippen MR) is 109 cm³/mol. The highest BCUT2D eigenvalue weighted by molar-refractivity contribution is 7.19. The Hall–Kier alpha value is -1.96. The Bertz CT molecular complexity index is 949. The van der Waals surface area contributed by atoms with Crippen LogP contribution in [0.4, 0.5) is 0 Å². The molecule has 1 aromatic heterocycles. The molecule has 5 nitrogen and oxygen atoms in total. The van der Waals surface area contributed by atoms with E-state index in [4.69, 9.17) is 4.74 Å². The minimum Gasteiger partial charge on any atom is -0.508 e. The number of benzene rings is 2. The van der Waals surface area contributed by atoms with Crippen molar-refractivity contribution in [2.45, 2.75) is 44.2 Å². The molecule has 0 amide bonds. The molecule has 1 aliphatic heterocycles. The van der Waals surface area contributed by atoms with Crippen molar-refractivity contribution in [3.05, 3.63) is 64.0 Å². The fourth-order valence-electron chi connectivity index (χ4n) is 3.82. The fourth-order valence-corrected chi connectivity index (χ4v) is 4.90. The molecule has 6 heteroatoms. The van der Waals surface area contributed by atoms with Crippen LogP contribution in [0.2, 0.25) is 0 Å². The molecule has 4 unspecified atom stereocenters. The third kappa shape index (κ3) is 3.66. The Balaban J connectivity index is 1.67. The molecule has 1 saturated heterocycles. The molecule has 1 fully saturated rings. The molecule has 4 N–H and O–H groups in total. The number of phenols is 1. The zero-order valence-corrected chi connectivity index (χ0v) is 16.4. The number of fused-ring (bicyclic) bond motifs is 1. The second-order valence-corrected chi connectivity index (χ2v) is 8.59. The first kappa shape index (κ1) is 19.4. The molecular weight excluding hydrogens is 376 g/mol. The summed E-state index contributed by atoms with van der Waals surface area (Å²) >= 11 is 1.74. The number of hydrogen-bond donors (Lipinski definition) is 4. The van der Waals surface area contributed by atoms with Crippen molar-refractivity contribution >= 4 is 21.4 Å². The van der Waals surface area contributed by atoms with Crippen LogP contribution in [0.5, 0.6) is 5.75 Å². The van der Waals surface area contributed by atoms with Gasteiger partial charge in [-0.15, -0.1) is 11.3 Å². The maximum absolute atomic E-state index is 10.5. The number of rotatable bonds is 4. The number of aliphatic hydroxyl groups is 3. The molecule has 0 bridgehead atoms. The largest absolute Gasteiger partial charge is 0.508 e. The van der Waals surface area contributed by atoms with Gasteiger partial charge in [0.1, 0.15) is 18.0 Å². The summed E-state index contributed by atoms with van der Waals surface area (Å²) in [5.74, 6) is 0.0208. The van der Waals surface area contributed by atoms with Crippen LogP contribution in [-0.4, -0.2) is 45.3 Å². The SMILES string of the molecule is Cc1cc(O)c(C2OC(CO)CC(O)C2O)cc1Cc1cc2ccccc2s1. The Kier molecular flexibility index (Phi) is 5.40. The van der Waals surface area contributed by atoms with Gasteiger partial charge in [0, 0.05) is 28.0 Å². The van der Waals surface area contributed by atoms with Crippen molar-refractivity contribution in [3.63, 3.8) is 0 Å². The summed E-state index contributed by atoms with van der Waals surface area (Å²) in [7, 11) is 0. The molecule has 1 aliphatic rings. The van der Waals surface area contributed by atoms with Crippen molar-refractivity contribution in [2.24, 2.45) is 0 Å². The highest BCUT2D eigenvalue weighted by Crippen LogP contribution is 2.38. The van der Waals surface area contributed by atoms with E-state index in [-0.39, 0.29) is 18.8 Å². The molecule has 0 saturated carbocycles. The Morgan fingerprint density at radius 3 is 2.68 bits per heavy atom. The monoisotopic (exact) mass is 400 g/mol. The first-order valence-electron chi connectivity index (χ1n) is 9.38. The third-order valence-corrected chi connectivity index (χ3v) is 6.50. The molecule has 2 aromatic carbocycles. The third-order valence-electron chi connectivity index (χ3n) is 5.38. The molecule has 4 atom stereocenters. The molecule has 0 aliphatic carbocycles. The van der Waals surface area contributed by atoms with Crippen LogP contribution >= 0.6 is 11.3 Å². The molecular formula is C22H24O5S. The average molecular weight is 400 g/mol. The van der Waals surface area contributed by atoms with Crippen LogP contribution in [0.15, 0.2) is 42.5 Å². The number of hydrogen-bond acceptors (Lipinski definition) is 6. The molecule has 3 aromatic rings. The first-order chi connectivity index (χ1) is 13.5. The van der Waals surface area contributed by atoms with Crippen LogP contribution in [0.1, 0.15) is 34.1 Å². The quantitative estimate of drug-likeness (QED) is 0.540. The lowest BCUT2D eigenvalue weighted by Crippen LogP contribution is -2.44. The second-order valence-electron chi connectivity index (χ2n) is 7.42. The van der Waals surface area contributed by atoms with Crippen molar-refractivity contribution in [1.82, 2.24) is 0 Å². The number of ether oxygens (including phenoxy) is 1. The van der Waals surface area contributed by atoms with Gasteiger partial charge < -0.3 is 25.2 Å². The molecule has 0 spiro atoms. The average Bonchev–Trinajstić information content (AvgIpc) is 3.08. The summed E-state index contributed by atoms with van der Waals surface area (Å²) in [6.07, 6.45) is -2.77. The molecule has 0 radical (unpaired) electrons. The maximum Gasteiger partial charge on any atom is 0.121 e. The summed E-state index contributed by atoms with van der Waals surface area (Å²) in [6, 6.07) is 13.9. The number of aliphatic hydroxyl groups excluding tert-OH is 3. The molecule has 148 valence electrons. The van der Waals surface area contributed by atoms with Crippen molar-refractivity contribution < 1.29 is 25.2 Å². The van der Waals surface area contributed by atoms with Crippen LogP contribution < -0.4 is 0 Å². The van der Waals surface area contributed by atoms with Crippen LogP contribution in [0.25, 0.3) is 10.1 Å². The van der Waals surface area contributed by atoms with Crippen molar-refractivity contribution in [1.29, 1.82) is 0 Å². The van der Waals surface area contributed by atoms with Crippen molar-refractivity contribution in [2.75, 3.05) is 6.61 Å². The Labute approximate surface area is 167 Å². The van der Waals surface area contributed by atoms with Gasteiger partial charge in [0.2, 0.25) is 0 Å². The lowest BCUT2D eigenvalue weighted by molar-refractivity contribution is -0.180. The van der Waals surface area contributed by atoms with Gasteiger partial charge >= 0.3 is 0 Å². The smallest absolute Gasteiger partial charge is 0.121 e. The van der Waals surface area contributed by atoms with Gasteiger partial charge in [-0.2, -0.15) is 0 Å². The van der Waals surface area contributed by atoms with Gasteiger partial charge in [0.25, 0.3) is 0 Å². The van der Waals surface area contributed by atoms with Gasteiger partial charge in [-0.1, -0.05) is 18.2 Å². The van der Waals surface area contributed by atoms with Gasteiger partial charge in [-0.25, -0.2) is 0 Å². The summed E-state index contributed by atoms with van der Waals surface area (Å²) in [6.45, 7) is 1.69. The maximum atomic E-state index is 10.5. The summed E-state index contributed by atoms with van der Waals surface area (Å²) in [4.78, 5) is 1.21. The van der Waals surface area contributed by atoms with Crippen LogP contribution in [-0.2, 0) is 11.2 Å². The second kappa shape index (κ2) is 7.81. The molecule has 28 heavy (non-hydrogen) atoms. The van der Waals surface area contributed by atoms with Crippen LogP contribution in [0, 0.1) is 6.92 Å². The van der Waals surface area contributed by atoms with Gasteiger partial charge in [-0.05, 0) is 47.7 Å². The van der Waals surface area contributed by atoms with Crippen molar-refractivity contribution in [3.8, 4) is 5.75 Å². The number of aromatic hydroxyl groups is 1. The van der Waals surface area contributed by atoms with Gasteiger partial charge in [0.05, 0.1) is 18.8 Å². The van der Waals surface area contributed by atoms with E-state index in [1.54, 1.807) is 17.4 Å². The lowest BCUT2D eigenvalue weighted by atomic mass is 9.90. The Morgan fingerprint density at radius 1 is 1.14 bits per heavy atom. The number of aryl methyl sites for hydroxylation is 1. The zero-order valence-electron chi connectivity index (χ0n) is 15.6. The van der Waals surface area contributed by atoms with E-state index in [1.807, 2.05) is 25.1 Å². The first-order valence-corrected chi connectivity index (χ1v) is 10.2. The molecule has 2 heterocycles. The lowest BCUT2D eigenvalue weighted by Gasteiger charge is -2.37. The fraction of sp³-hybridized carbons (Fsp3) is 0.364. The normalized spacial score (nSPS) is 25.3. The van der Waals surface area contributed by atoms with E-state index in [9.17, 15) is 20.4 Å². The van der Waals surface area contributed by atoms with E-state index in [1.165, 1.54) is 15.0 Å². The summed E-state index contributed by atoms with van der Waals surface area (Å²) < 4.78 is 6.99. The molecule has 4 rings (SSSR count). The minimum atomic E-state index is -1.16. The van der Waals surface area contributed by atoms with Gasteiger partial charge in [-0.3, -0.25) is 0 Å². The highest BCUT2D eigenvalue weighted by atomic mass is 32.1. The predicted octanol–water partition coefficient (Wildman–Crippen LogP) is 3.05. The van der Waals surface area contributed by atoms with E-state index in [0.29, 0.717) is 12.0 Å². The number of phenolic OH excluding ortho intramolecular Hbond substituents is 1. The topological polar surface area (TPSA) is 90.2 Å². The Morgan fingerprint density at radius 2 is 1.93 bits per heavy atom. The van der Waals surface area contributed by atoms with E-state index >= 15 is 0 Å². The highest BCUT2D eigenvalue weighted by Gasteiger charge is 2.38. The van der Waals surface area contributed by atoms with Crippen LogP contribution in [0.3, 0.4) is 0 Å². The van der Waals surface area contributed by atoms with E-state index in [0.717, 1.165) is 11.1 Å². The van der Waals surface area contributed by atoms with E-state index in [2.05, 4.69) is 18.2 Å². The number of thiophene rings is 1. The summed E-state index contributed by atoms with van der Waals surface area (Å²) in [5, 5.41) is 41.6. The zero-order chi connectivity index (χ0) is 19.8. The van der Waals surface area contributed by atoms with E-state index < -0.39 is 24.4 Å². The minimum absolute atomic E-state index is 0.0208.